The van der Waals surface area contributed by atoms with Crippen LogP contribution in [0.4, 0.5) is 5.13 Å². The van der Waals surface area contributed by atoms with Gasteiger partial charge in [-0.3, -0.25) is 0 Å². The Morgan fingerprint density at radius 1 is 1.69 bits per heavy atom. The number of hydrogen-bond donors (Lipinski definition) is 1. The zero-order chi connectivity index (χ0) is 9.52. The maximum atomic E-state index is 5.68. The van der Waals surface area contributed by atoms with Gasteiger partial charge in [-0.15, -0.1) is 11.6 Å². The van der Waals surface area contributed by atoms with E-state index in [0.29, 0.717) is 5.92 Å². The average Bonchev–Trinajstić information content (AvgIpc) is 2.64. The first kappa shape index (κ1) is 10.7. The molecule has 13 heavy (non-hydrogen) atoms. The molecule has 0 aliphatic heterocycles. The molecule has 0 saturated heterocycles. The van der Waals surface area contributed by atoms with Crippen LogP contribution in [0.25, 0.3) is 0 Å². The molecule has 0 radical (unpaired) electrons. The molecule has 1 rings (SSSR count). The summed E-state index contributed by atoms with van der Waals surface area (Å²) in [5.74, 6) is 1.37. The molecule has 0 aliphatic carbocycles. The highest BCUT2D eigenvalue weighted by molar-refractivity contribution is 7.09. The monoisotopic (exact) mass is 219 g/mol. The zero-order valence-corrected chi connectivity index (χ0v) is 9.24. The van der Waals surface area contributed by atoms with Crippen LogP contribution in [0.15, 0.2) is 6.33 Å². The minimum atomic E-state index is 0.640. The Morgan fingerprint density at radius 3 is 3.08 bits per heavy atom. The highest BCUT2D eigenvalue weighted by Crippen LogP contribution is 2.12. The second-order valence-corrected chi connectivity index (χ2v) is 4.04. The van der Waals surface area contributed by atoms with Gasteiger partial charge in [0.2, 0.25) is 5.13 Å². The van der Waals surface area contributed by atoms with Crippen LogP contribution in [0.3, 0.4) is 0 Å². The molecule has 0 aliphatic rings. The van der Waals surface area contributed by atoms with E-state index in [9.17, 15) is 0 Å². The van der Waals surface area contributed by atoms with E-state index in [0.717, 1.165) is 30.4 Å². The van der Waals surface area contributed by atoms with Crippen LogP contribution < -0.4 is 5.32 Å². The minimum Gasteiger partial charge on any atom is -0.360 e. The summed E-state index contributed by atoms with van der Waals surface area (Å²) in [6, 6.07) is 0. The lowest BCUT2D eigenvalue weighted by atomic mass is 10.0. The summed E-state index contributed by atoms with van der Waals surface area (Å²) in [6.45, 7) is 3.12. The summed E-state index contributed by atoms with van der Waals surface area (Å²) in [5.41, 5.74) is 0. The van der Waals surface area contributed by atoms with Crippen molar-refractivity contribution < 1.29 is 0 Å². The van der Waals surface area contributed by atoms with Gasteiger partial charge in [-0.2, -0.15) is 4.37 Å². The Labute approximate surface area is 87.7 Å². The number of anilines is 1. The lowest BCUT2D eigenvalue weighted by Crippen LogP contribution is -2.13. The van der Waals surface area contributed by atoms with Crippen LogP contribution in [0.2, 0.25) is 0 Å². The van der Waals surface area contributed by atoms with Crippen LogP contribution in [0, 0.1) is 5.92 Å². The predicted octanol–water partition coefficient (Wildman–Crippen LogP) is 2.61. The molecule has 1 atom stereocenters. The van der Waals surface area contributed by atoms with Crippen molar-refractivity contribution in [3.63, 3.8) is 0 Å². The SMILES string of the molecule is CCC(CCCl)CNc1ncns1. The number of hydrogen-bond acceptors (Lipinski definition) is 4. The predicted molar refractivity (Wildman–Crippen MR) is 57.5 cm³/mol. The van der Waals surface area contributed by atoms with Crippen LogP contribution in [0.1, 0.15) is 19.8 Å². The van der Waals surface area contributed by atoms with Crippen molar-refractivity contribution in [2.75, 3.05) is 17.7 Å². The van der Waals surface area contributed by atoms with Crippen molar-refractivity contribution in [2.45, 2.75) is 19.8 Å². The van der Waals surface area contributed by atoms with Gasteiger partial charge in [0.1, 0.15) is 6.33 Å². The van der Waals surface area contributed by atoms with Crippen LogP contribution in [-0.2, 0) is 0 Å². The van der Waals surface area contributed by atoms with E-state index in [2.05, 4.69) is 21.6 Å². The van der Waals surface area contributed by atoms with E-state index in [1.54, 1.807) is 6.33 Å². The third-order valence-corrected chi connectivity index (χ3v) is 2.84. The maximum absolute atomic E-state index is 5.68. The zero-order valence-electron chi connectivity index (χ0n) is 7.66. The van der Waals surface area contributed by atoms with Gasteiger partial charge in [0.05, 0.1) is 0 Å². The number of halogens is 1. The minimum absolute atomic E-state index is 0.640. The molecular weight excluding hydrogens is 206 g/mol. The Bertz CT molecular complexity index is 215. The van der Waals surface area contributed by atoms with Crippen molar-refractivity contribution in [3.8, 4) is 0 Å². The van der Waals surface area contributed by atoms with Gasteiger partial charge in [-0.05, 0) is 12.3 Å². The quantitative estimate of drug-likeness (QED) is 0.748. The fourth-order valence-electron chi connectivity index (χ4n) is 1.09. The summed E-state index contributed by atoms with van der Waals surface area (Å²) >= 11 is 7.07. The molecule has 1 N–H and O–H groups in total. The van der Waals surface area contributed by atoms with Gasteiger partial charge in [0.15, 0.2) is 0 Å². The summed E-state index contributed by atoms with van der Waals surface area (Å²) in [4.78, 5) is 4.05. The molecule has 1 aromatic rings. The number of aromatic nitrogens is 2. The van der Waals surface area contributed by atoms with E-state index in [1.165, 1.54) is 11.5 Å². The fraction of sp³-hybridized carbons (Fsp3) is 0.750. The van der Waals surface area contributed by atoms with Crippen LogP contribution >= 0.6 is 23.1 Å². The molecule has 1 aromatic heterocycles. The molecule has 0 fully saturated rings. The van der Waals surface area contributed by atoms with E-state index < -0.39 is 0 Å². The normalized spacial score (nSPS) is 12.8. The molecule has 0 bridgehead atoms. The van der Waals surface area contributed by atoms with E-state index in [4.69, 9.17) is 11.6 Å². The summed E-state index contributed by atoms with van der Waals surface area (Å²) in [6.07, 6.45) is 3.78. The molecular formula is C8H14ClN3S. The molecule has 0 aromatic carbocycles. The summed E-state index contributed by atoms with van der Waals surface area (Å²) in [5, 5.41) is 4.14. The van der Waals surface area contributed by atoms with Crippen molar-refractivity contribution in [1.29, 1.82) is 0 Å². The fourth-order valence-corrected chi connectivity index (χ4v) is 1.83. The Kier molecular flexibility index (Phi) is 5.08. The first-order valence-electron chi connectivity index (χ1n) is 4.43. The largest absolute Gasteiger partial charge is 0.360 e. The Morgan fingerprint density at radius 2 is 2.54 bits per heavy atom. The highest BCUT2D eigenvalue weighted by atomic mass is 35.5. The van der Waals surface area contributed by atoms with E-state index in [1.807, 2.05) is 0 Å². The molecule has 0 spiro atoms. The number of nitrogens with zero attached hydrogens (tertiary/aromatic N) is 2. The topological polar surface area (TPSA) is 37.8 Å². The second-order valence-electron chi connectivity index (χ2n) is 2.88. The number of rotatable bonds is 6. The Hall–Kier alpha value is -0.350. The molecule has 1 unspecified atom stereocenters. The maximum Gasteiger partial charge on any atom is 0.202 e. The first-order chi connectivity index (χ1) is 6.36. The van der Waals surface area contributed by atoms with Gasteiger partial charge < -0.3 is 5.32 Å². The second kappa shape index (κ2) is 6.16. The average molecular weight is 220 g/mol. The lowest BCUT2D eigenvalue weighted by molar-refractivity contribution is 0.522. The van der Waals surface area contributed by atoms with Gasteiger partial charge in [-0.1, -0.05) is 13.3 Å². The highest BCUT2D eigenvalue weighted by Gasteiger charge is 2.05. The van der Waals surface area contributed by atoms with Crippen molar-refractivity contribution in [2.24, 2.45) is 5.92 Å². The van der Waals surface area contributed by atoms with Gasteiger partial charge in [0.25, 0.3) is 0 Å². The van der Waals surface area contributed by atoms with Gasteiger partial charge in [0, 0.05) is 24.0 Å². The molecule has 1 heterocycles. The number of alkyl halides is 1. The summed E-state index contributed by atoms with van der Waals surface area (Å²) in [7, 11) is 0. The third-order valence-electron chi connectivity index (χ3n) is 2.00. The van der Waals surface area contributed by atoms with E-state index >= 15 is 0 Å². The first-order valence-corrected chi connectivity index (χ1v) is 5.74. The van der Waals surface area contributed by atoms with Crippen LogP contribution in [0.5, 0.6) is 0 Å². The molecule has 5 heteroatoms. The standard InChI is InChI=1S/C8H14ClN3S/c1-2-7(3-4-9)5-10-8-11-6-12-13-8/h6-7H,2-5H2,1H3,(H,10,11,12). The van der Waals surface area contributed by atoms with E-state index in [-0.39, 0.29) is 0 Å². The molecule has 0 amide bonds. The van der Waals surface area contributed by atoms with Gasteiger partial charge >= 0.3 is 0 Å². The Balaban J connectivity index is 2.23. The van der Waals surface area contributed by atoms with Crippen LogP contribution in [-0.4, -0.2) is 21.8 Å². The molecule has 3 nitrogen and oxygen atoms in total. The van der Waals surface area contributed by atoms with Crippen molar-refractivity contribution >= 4 is 28.3 Å². The third kappa shape index (κ3) is 3.91. The smallest absolute Gasteiger partial charge is 0.202 e. The molecule has 0 saturated carbocycles. The van der Waals surface area contributed by atoms with Crippen molar-refractivity contribution in [3.05, 3.63) is 6.33 Å². The number of nitrogens with one attached hydrogen (secondary N) is 1. The molecule has 74 valence electrons. The summed E-state index contributed by atoms with van der Waals surface area (Å²) < 4.78 is 3.91. The van der Waals surface area contributed by atoms with Crippen molar-refractivity contribution in [1.82, 2.24) is 9.36 Å². The van der Waals surface area contributed by atoms with Gasteiger partial charge in [-0.25, -0.2) is 4.98 Å². The lowest BCUT2D eigenvalue weighted by Gasteiger charge is -2.12.